The van der Waals surface area contributed by atoms with Gasteiger partial charge in [0.25, 0.3) is 0 Å². The Morgan fingerprint density at radius 2 is 2.08 bits per heavy atom. The maximum absolute atomic E-state index is 6.06. The molecule has 1 atom stereocenters. The average molecular weight is 347 g/mol. The molecule has 4 heterocycles. The van der Waals surface area contributed by atoms with Crippen LogP contribution >= 0.6 is 0 Å². The van der Waals surface area contributed by atoms with Gasteiger partial charge in [0.15, 0.2) is 0 Å². The Balaban J connectivity index is 1.23. The van der Waals surface area contributed by atoms with Crippen LogP contribution in [0.4, 0.5) is 5.95 Å². The van der Waals surface area contributed by atoms with Gasteiger partial charge in [-0.25, -0.2) is 9.97 Å². The average Bonchev–Trinajstić information content (AvgIpc) is 3.18. The second-order valence-corrected chi connectivity index (χ2v) is 7.42. The number of aromatic nitrogens is 2. The van der Waals surface area contributed by atoms with Crippen molar-refractivity contribution in [2.45, 2.75) is 43.9 Å². The van der Waals surface area contributed by atoms with Crippen molar-refractivity contribution in [3.63, 3.8) is 0 Å². The van der Waals surface area contributed by atoms with E-state index < -0.39 is 0 Å². The number of rotatable bonds is 5. The van der Waals surface area contributed by atoms with Crippen LogP contribution in [0, 0.1) is 0 Å². The molecule has 3 aliphatic heterocycles. The van der Waals surface area contributed by atoms with E-state index in [2.05, 4.69) is 25.5 Å². The molecule has 7 heteroatoms. The molecule has 0 saturated carbocycles. The molecule has 7 nitrogen and oxygen atoms in total. The van der Waals surface area contributed by atoms with Crippen LogP contribution in [-0.2, 0) is 16.0 Å². The number of likely N-dealkylation sites (tertiary alicyclic amines) is 1. The summed E-state index contributed by atoms with van der Waals surface area (Å²) in [5.41, 5.74) is 1.24. The predicted molar refractivity (Wildman–Crippen MR) is 95.6 cm³/mol. The highest BCUT2D eigenvalue weighted by atomic mass is 16.5. The predicted octanol–water partition coefficient (Wildman–Crippen LogP) is 1.02. The number of morpholine rings is 1. The van der Waals surface area contributed by atoms with E-state index in [4.69, 9.17) is 9.47 Å². The lowest BCUT2D eigenvalue weighted by Crippen LogP contribution is -2.55. The van der Waals surface area contributed by atoms with E-state index in [0.29, 0.717) is 12.1 Å². The Morgan fingerprint density at radius 3 is 2.76 bits per heavy atom. The molecule has 1 aromatic rings. The van der Waals surface area contributed by atoms with Gasteiger partial charge >= 0.3 is 0 Å². The number of nitrogens with zero attached hydrogens (tertiary/aromatic N) is 3. The van der Waals surface area contributed by atoms with Gasteiger partial charge in [-0.05, 0) is 25.7 Å². The Morgan fingerprint density at radius 1 is 1.24 bits per heavy atom. The summed E-state index contributed by atoms with van der Waals surface area (Å²) >= 11 is 0. The van der Waals surface area contributed by atoms with Crippen LogP contribution in [0.3, 0.4) is 0 Å². The van der Waals surface area contributed by atoms with E-state index in [-0.39, 0.29) is 5.60 Å². The smallest absolute Gasteiger partial charge is 0.222 e. The third-order valence-corrected chi connectivity index (χ3v) is 5.52. The van der Waals surface area contributed by atoms with Gasteiger partial charge in [0, 0.05) is 63.8 Å². The van der Waals surface area contributed by atoms with Crippen LogP contribution in [0.2, 0.25) is 0 Å². The summed E-state index contributed by atoms with van der Waals surface area (Å²) in [6.45, 7) is 7.54. The molecule has 0 aliphatic carbocycles. The van der Waals surface area contributed by atoms with Gasteiger partial charge in [-0.15, -0.1) is 0 Å². The van der Waals surface area contributed by atoms with Crippen LogP contribution in [0.5, 0.6) is 0 Å². The molecule has 25 heavy (non-hydrogen) atoms. The highest BCUT2D eigenvalue weighted by Crippen LogP contribution is 2.28. The van der Waals surface area contributed by atoms with Crippen molar-refractivity contribution in [3.05, 3.63) is 18.0 Å². The summed E-state index contributed by atoms with van der Waals surface area (Å²) in [7, 11) is 0. The minimum Gasteiger partial charge on any atom is -0.376 e. The molecular formula is C18H29N5O2. The van der Waals surface area contributed by atoms with Crippen molar-refractivity contribution in [2.75, 3.05) is 51.3 Å². The van der Waals surface area contributed by atoms with Crippen molar-refractivity contribution >= 4 is 5.95 Å². The van der Waals surface area contributed by atoms with Crippen LogP contribution in [0.15, 0.2) is 12.4 Å². The maximum atomic E-state index is 6.06. The highest BCUT2D eigenvalue weighted by Gasteiger charge is 2.36. The first kappa shape index (κ1) is 17.1. The fraction of sp³-hybridized carbons (Fsp3) is 0.778. The molecule has 3 fully saturated rings. The van der Waals surface area contributed by atoms with Crippen LogP contribution < -0.4 is 10.6 Å². The second-order valence-electron chi connectivity index (χ2n) is 7.42. The number of hydrogen-bond donors (Lipinski definition) is 2. The summed E-state index contributed by atoms with van der Waals surface area (Å²) in [5.74, 6) is 0.693. The molecule has 2 N–H and O–H groups in total. The van der Waals surface area contributed by atoms with Crippen molar-refractivity contribution in [2.24, 2.45) is 0 Å². The molecule has 0 unspecified atom stereocenters. The Hall–Kier alpha value is -1.28. The molecule has 0 bridgehead atoms. The molecule has 0 amide bonds. The number of piperidine rings is 1. The third kappa shape index (κ3) is 4.47. The van der Waals surface area contributed by atoms with Gasteiger partial charge in [-0.1, -0.05) is 0 Å². The number of anilines is 1. The standard InChI is InChI=1S/C18H29N5O2/c1-2-16(24-8-1)12-22-17-20-10-15(11-21-17)13-23-6-3-18(4-7-23)14-19-5-9-25-18/h10-11,16,19H,1-9,12-14H2,(H,20,21,22)/t16-/m1/s1. The summed E-state index contributed by atoms with van der Waals surface area (Å²) in [5, 5.41) is 6.74. The maximum Gasteiger partial charge on any atom is 0.222 e. The first-order valence-corrected chi connectivity index (χ1v) is 9.55. The van der Waals surface area contributed by atoms with Gasteiger partial charge in [0.1, 0.15) is 0 Å². The molecule has 4 rings (SSSR count). The van der Waals surface area contributed by atoms with Crippen molar-refractivity contribution in [1.82, 2.24) is 20.2 Å². The lowest BCUT2D eigenvalue weighted by molar-refractivity contribution is -0.100. The van der Waals surface area contributed by atoms with Crippen LogP contribution in [0.25, 0.3) is 0 Å². The zero-order valence-corrected chi connectivity index (χ0v) is 14.9. The monoisotopic (exact) mass is 347 g/mol. The normalized spacial score (nSPS) is 26.8. The zero-order chi connectivity index (χ0) is 17.0. The third-order valence-electron chi connectivity index (χ3n) is 5.52. The number of ether oxygens (including phenoxy) is 2. The number of hydrogen-bond acceptors (Lipinski definition) is 7. The minimum atomic E-state index is 0.0708. The molecule has 138 valence electrons. The van der Waals surface area contributed by atoms with Gasteiger partial charge < -0.3 is 20.1 Å². The van der Waals surface area contributed by atoms with E-state index in [1.165, 1.54) is 5.56 Å². The number of nitrogens with one attached hydrogen (secondary N) is 2. The van der Waals surface area contributed by atoms with Gasteiger partial charge in [0.2, 0.25) is 5.95 Å². The summed E-state index contributed by atoms with van der Waals surface area (Å²) in [6.07, 6.45) is 8.66. The van der Waals surface area contributed by atoms with E-state index in [1.807, 2.05) is 12.4 Å². The fourth-order valence-corrected chi connectivity index (χ4v) is 3.94. The first-order chi connectivity index (χ1) is 12.3. The zero-order valence-electron chi connectivity index (χ0n) is 14.9. The van der Waals surface area contributed by atoms with E-state index >= 15 is 0 Å². The highest BCUT2D eigenvalue weighted by molar-refractivity contribution is 5.25. The topological polar surface area (TPSA) is 71.5 Å². The van der Waals surface area contributed by atoms with E-state index in [9.17, 15) is 0 Å². The Kier molecular flexibility index (Phi) is 5.45. The quantitative estimate of drug-likeness (QED) is 0.824. The lowest BCUT2D eigenvalue weighted by Gasteiger charge is -2.44. The molecule has 0 radical (unpaired) electrons. The second kappa shape index (κ2) is 7.95. The minimum absolute atomic E-state index is 0.0708. The van der Waals surface area contributed by atoms with Crippen LogP contribution in [-0.4, -0.2) is 72.5 Å². The van der Waals surface area contributed by atoms with Crippen molar-refractivity contribution in [1.29, 1.82) is 0 Å². The molecule has 3 saturated heterocycles. The Labute approximate surface area is 149 Å². The summed E-state index contributed by atoms with van der Waals surface area (Å²) in [6, 6.07) is 0. The summed E-state index contributed by atoms with van der Waals surface area (Å²) < 4.78 is 11.7. The molecule has 3 aliphatic rings. The summed E-state index contributed by atoms with van der Waals surface area (Å²) in [4.78, 5) is 11.4. The molecule has 1 spiro atoms. The van der Waals surface area contributed by atoms with Crippen LogP contribution in [0.1, 0.15) is 31.2 Å². The molecule has 0 aromatic carbocycles. The molecular weight excluding hydrogens is 318 g/mol. The van der Waals surface area contributed by atoms with Crippen molar-refractivity contribution < 1.29 is 9.47 Å². The van der Waals surface area contributed by atoms with Gasteiger partial charge in [-0.3, -0.25) is 4.90 Å². The van der Waals surface area contributed by atoms with Gasteiger partial charge in [0.05, 0.1) is 18.3 Å². The van der Waals surface area contributed by atoms with E-state index in [1.54, 1.807) is 0 Å². The van der Waals surface area contributed by atoms with Gasteiger partial charge in [-0.2, -0.15) is 0 Å². The Bertz CT molecular complexity index is 531. The first-order valence-electron chi connectivity index (χ1n) is 9.55. The lowest BCUT2D eigenvalue weighted by atomic mass is 9.90. The largest absolute Gasteiger partial charge is 0.376 e. The molecule has 1 aromatic heterocycles. The SMILES string of the molecule is c1nc(NC[C@H]2CCCO2)ncc1CN1CCC2(CC1)CNCCO2. The van der Waals surface area contributed by atoms with Crippen molar-refractivity contribution in [3.8, 4) is 0 Å². The fourth-order valence-electron chi connectivity index (χ4n) is 3.94. The van der Waals surface area contributed by atoms with E-state index in [0.717, 1.165) is 78.2 Å².